The van der Waals surface area contributed by atoms with Crippen molar-refractivity contribution in [1.82, 2.24) is 4.98 Å². The number of hydrogen-bond donors (Lipinski definition) is 1. The van der Waals surface area contributed by atoms with Crippen LogP contribution in [0.2, 0.25) is 0 Å². The summed E-state index contributed by atoms with van der Waals surface area (Å²) in [5, 5.41) is 3.22. The van der Waals surface area contributed by atoms with Crippen LogP contribution in [0.4, 0.5) is 15.2 Å². The Morgan fingerprint density at radius 2 is 2.00 bits per heavy atom. The van der Waals surface area contributed by atoms with Gasteiger partial charge in [0.15, 0.2) is 5.13 Å². The van der Waals surface area contributed by atoms with Crippen LogP contribution in [0.1, 0.15) is 10.4 Å². The summed E-state index contributed by atoms with van der Waals surface area (Å²) in [4.78, 5) is 30.0. The first-order chi connectivity index (χ1) is 12.5. The molecule has 0 unspecified atom stereocenters. The second kappa shape index (κ2) is 7.49. The zero-order chi connectivity index (χ0) is 18.7. The fraction of sp³-hybridized carbons (Fsp3) is 0.167. The SMILES string of the molecule is COC(=O)c1ccccc1NC(=O)CN(C)c1nc2c(F)cccc2s1. The number of nitrogens with one attached hydrogen (secondary N) is 1. The van der Waals surface area contributed by atoms with Crippen molar-refractivity contribution in [2.75, 3.05) is 30.9 Å². The van der Waals surface area contributed by atoms with Crippen LogP contribution in [0.5, 0.6) is 0 Å². The predicted octanol–water partition coefficient (Wildman–Crippen LogP) is 3.30. The molecular formula is C18H16FN3O3S. The van der Waals surface area contributed by atoms with Gasteiger partial charge in [0.05, 0.1) is 29.6 Å². The van der Waals surface area contributed by atoms with Crippen molar-refractivity contribution >= 4 is 44.2 Å². The fourth-order valence-corrected chi connectivity index (χ4v) is 3.36. The summed E-state index contributed by atoms with van der Waals surface area (Å²) in [7, 11) is 2.97. The molecule has 2 aromatic carbocycles. The van der Waals surface area contributed by atoms with E-state index in [0.717, 1.165) is 0 Å². The van der Waals surface area contributed by atoms with E-state index in [4.69, 9.17) is 4.74 Å². The molecule has 26 heavy (non-hydrogen) atoms. The molecule has 0 radical (unpaired) electrons. The summed E-state index contributed by atoms with van der Waals surface area (Å²) >= 11 is 1.30. The van der Waals surface area contributed by atoms with Gasteiger partial charge in [0.25, 0.3) is 0 Å². The Morgan fingerprint density at radius 1 is 1.23 bits per heavy atom. The number of nitrogens with zero attached hydrogens (tertiary/aromatic N) is 2. The maximum absolute atomic E-state index is 13.8. The van der Waals surface area contributed by atoms with Crippen LogP contribution >= 0.6 is 11.3 Å². The molecule has 8 heteroatoms. The van der Waals surface area contributed by atoms with E-state index in [1.165, 1.54) is 24.5 Å². The highest BCUT2D eigenvalue weighted by Crippen LogP contribution is 2.29. The molecule has 0 bridgehead atoms. The Balaban J connectivity index is 1.73. The number of halogens is 1. The van der Waals surface area contributed by atoms with Gasteiger partial charge in [0.1, 0.15) is 11.3 Å². The molecule has 0 saturated carbocycles. The summed E-state index contributed by atoms with van der Waals surface area (Å²) < 4.78 is 19.2. The lowest BCUT2D eigenvalue weighted by Gasteiger charge is -2.16. The number of rotatable bonds is 5. The molecule has 6 nitrogen and oxygen atoms in total. The number of para-hydroxylation sites is 2. The van der Waals surface area contributed by atoms with Gasteiger partial charge < -0.3 is 15.0 Å². The van der Waals surface area contributed by atoms with Gasteiger partial charge >= 0.3 is 5.97 Å². The largest absolute Gasteiger partial charge is 0.465 e. The highest BCUT2D eigenvalue weighted by molar-refractivity contribution is 7.22. The molecule has 0 spiro atoms. The van der Waals surface area contributed by atoms with Gasteiger partial charge in [-0.3, -0.25) is 4.79 Å². The second-order valence-electron chi connectivity index (χ2n) is 5.52. The van der Waals surface area contributed by atoms with Crippen molar-refractivity contribution in [3.63, 3.8) is 0 Å². The van der Waals surface area contributed by atoms with E-state index in [1.54, 1.807) is 48.3 Å². The van der Waals surface area contributed by atoms with Crippen LogP contribution in [-0.4, -0.2) is 37.6 Å². The number of amides is 1. The van der Waals surface area contributed by atoms with E-state index in [1.807, 2.05) is 0 Å². The van der Waals surface area contributed by atoms with Gasteiger partial charge in [-0.15, -0.1) is 0 Å². The molecule has 1 N–H and O–H groups in total. The molecule has 0 aliphatic carbocycles. The maximum atomic E-state index is 13.8. The zero-order valence-electron chi connectivity index (χ0n) is 14.2. The summed E-state index contributed by atoms with van der Waals surface area (Å²) in [5.74, 6) is -1.26. The number of benzene rings is 2. The normalized spacial score (nSPS) is 10.6. The molecule has 134 valence electrons. The van der Waals surface area contributed by atoms with Crippen molar-refractivity contribution in [1.29, 1.82) is 0 Å². The number of carbonyl (C=O) groups excluding carboxylic acids is 2. The molecule has 1 heterocycles. The topological polar surface area (TPSA) is 71.5 Å². The van der Waals surface area contributed by atoms with Crippen LogP contribution < -0.4 is 10.2 Å². The number of carbonyl (C=O) groups is 2. The highest BCUT2D eigenvalue weighted by atomic mass is 32.1. The van der Waals surface area contributed by atoms with E-state index in [0.29, 0.717) is 15.5 Å². The van der Waals surface area contributed by atoms with E-state index < -0.39 is 11.8 Å². The minimum absolute atomic E-state index is 0.00303. The number of fused-ring (bicyclic) bond motifs is 1. The zero-order valence-corrected chi connectivity index (χ0v) is 15.0. The molecule has 1 amide bonds. The van der Waals surface area contributed by atoms with Crippen LogP contribution in [-0.2, 0) is 9.53 Å². The number of ether oxygens (including phenoxy) is 1. The van der Waals surface area contributed by atoms with Crippen molar-refractivity contribution in [2.24, 2.45) is 0 Å². The molecular weight excluding hydrogens is 357 g/mol. The number of thiazole rings is 1. The molecule has 0 aliphatic heterocycles. The Morgan fingerprint density at radius 3 is 2.73 bits per heavy atom. The summed E-state index contributed by atoms with van der Waals surface area (Å²) in [6, 6.07) is 11.3. The van der Waals surface area contributed by atoms with Crippen molar-refractivity contribution < 1.29 is 18.7 Å². The number of hydrogen-bond acceptors (Lipinski definition) is 6. The Bertz CT molecular complexity index is 973. The van der Waals surface area contributed by atoms with Crippen LogP contribution in [0.15, 0.2) is 42.5 Å². The monoisotopic (exact) mass is 373 g/mol. The predicted molar refractivity (Wildman–Crippen MR) is 99.3 cm³/mol. The summed E-state index contributed by atoms with van der Waals surface area (Å²) in [5.41, 5.74) is 0.928. The van der Waals surface area contributed by atoms with E-state index >= 15 is 0 Å². The third kappa shape index (κ3) is 3.65. The third-order valence-electron chi connectivity index (χ3n) is 3.67. The minimum Gasteiger partial charge on any atom is -0.465 e. The molecule has 0 fully saturated rings. The third-order valence-corrected chi connectivity index (χ3v) is 4.81. The number of esters is 1. The first kappa shape index (κ1) is 17.8. The smallest absolute Gasteiger partial charge is 0.339 e. The Kier molecular flexibility index (Phi) is 5.13. The van der Waals surface area contributed by atoms with E-state index in [9.17, 15) is 14.0 Å². The van der Waals surface area contributed by atoms with Gasteiger partial charge in [-0.05, 0) is 24.3 Å². The lowest BCUT2D eigenvalue weighted by Crippen LogP contribution is -2.30. The van der Waals surface area contributed by atoms with Crippen LogP contribution in [0.3, 0.4) is 0 Å². The number of anilines is 2. The van der Waals surface area contributed by atoms with Crippen molar-refractivity contribution in [2.45, 2.75) is 0 Å². The maximum Gasteiger partial charge on any atom is 0.339 e. The number of aromatic nitrogens is 1. The highest BCUT2D eigenvalue weighted by Gasteiger charge is 2.16. The molecule has 3 rings (SSSR count). The van der Waals surface area contributed by atoms with Gasteiger partial charge in [-0.2, -0.15) is 0 Å². The van der Waals surface area contributed by atoms with Gasteiger partial charge in [-0.1, -0.05) is 29.5 Å². The summed E-state index contributed by atoms with van der Waals surface area (Å²) in [6.45, 7) is -0.00303. The Labute approximate surface area is 153 Å². The second-order valence-corrected chi connectivity index (χ2v) is 6.53. The molecule has 1 aromatic heterocycles. The Hall–Kier alpha value is -3.00. The lowest BCUT2D eigenvalue weighted by molar-refractivity contribution is -0.114. The van der Waals surface area contributed by atoms with Crippen LogP contribution in [0.25, 0.3) is 10.2 Å². The summed E-state index contributed by atoms with van der Waals surface area (Å²) in [6.07, 6.45) is 0. The lowest BCUT2D eigenvalue weighted by atomic mass is 10.2. The van der Waals surface area contributed by atoms with E-state index in [2.05, 4.69) is 10.3 Å². The van der Waals surface area contributed by atoms with Crippen molar-refractivity contribution in [3.05, 3.63) is 53.8 Å². The standard InChI is InChI=1S/C18H16FN3O3S/c1-22(18-21-16-12(19)7-5-9-14(16)26-18)10-15(23)20-13-8-4-3-6-11(13)17(24)25-2/h3-9H,10H2,1-2H3,(H,20,23). The number of likely N-dealkylation sites (N-methyl/N-ethyl adjacent to an activating group) is 1. The first-order valence-electron chi connectivity index (χ1n) is 7.73. The average Bonchev–Trinajstić information content (AvgIpc) is 3.07. The van der Waals surface area contributed by atoms with Crippen molar-refractivity contribution in [3.8, 4) is 0 Å². The minimum atomic E-state index is -0.532. The fourth-order valence-electron chi connectivity index (χ4n) is 2.42. The number of methoxy groups -OCH3 is 1. The molecule has 0 atom stereocenters. The van der Waals surface area contributed by atoms with Gasteiger partial charge in [0.2, 0.25) is 5.91 Å². The quantitative estimate of drug-likeness (QED) is 0.695. The van der Waals surface area contributed by atoms with Crippen LogP contribution in [0, 0.1) is 5.82 Å². The molecule has 0 aliphatic rings. The van der Waals surface area contributed by atoms with E-state index in [-0.39, 0.29) is 23.5 Å². The van der Waals surface area contributed by atoms with Gasteiger partial charge in [0, 0.05) is 7.05 Å². The molecule has 3 aromatic rings. The van der Waals surface area contributed by atoms with Gasteiger partial charge in [-0.25, -0.2) is 14.2 Å². The average molecular weight is 373 g/mol. The first-order valence-corrected chi connectivity index (χ1v) is 8.54. The molecule has 0 saturated heterocycles.